The van der Waals surface area contributed by atoms with Gasteiger partial charge >= 0.3 is 0 Å². The van der Waals surface area contributed by atoms with Crippen LogP contribution < -0.4 is 5.32 Å². The summed E-state index contributed by atoms with van der Waals surface area (Å²) in [7, 11) is 0. The second kappa shape index (κ2) is 5.80. The Hall–Kier alpha value is -1.39. The average Bonchev–Trinajstić information content (AvgIpc) is 2.72. The van der Waals surface area contributed by atoms with Gasteiger partial charge in [0, 0.05) is 11.9 Å². The van der Waals surface area contributed by atoms with Crippen molar-refractivity contribution in [3.05, 3.63) is 36.4 Å². The molecule has 4 heteroatoms. The number of anilines is 1. The number of benzene rings is 1. The van der Waals surface area contributed by atoms with Gasteiger partial charge in [-0.05, 0) is 30.6 Å². The number of fused-ring (bicyclic) bond motifs is 1. The van der Waals surface area contributed by atoms with Gasteiger partial charge in [0.05, 0.1) is 18.7 Å². The van der Waals surface area contributed by atoms with Crippen LogP contribution in [0.25, 0.3) is 10.9 Å². The van der Waals surface area contributed by atoms with Crippen molar-refractivity contribution in [3.63, 3.8) is 0 Å². The predicted octanol–water partition coefficient (Wildman–Crippen LogP) is 3.30. The first kappa shape index (κ1) is 12.1. The second-order valence-corrected chi connectivity index (χ2v) is 4.74. The smallest absolute Gasteiger partial charge is 0.117 e. The molecule has 0 radical (unpaired) electrons. The van der Waals surface area contributed by atoms with Crippen LogP contribution in [0.15, 0.2) is 36.4 Å². The van der Waals surface area contributed by atoms with Crippen molar-refractivity contribution in [2.75, 3.05) is 25.1 Å². The summed E-state index contributed by atoms with van der Waals surface area (Å²) in [5.74, 6) is 0. The average molecular weight is 248 g/mol. The number of hydrogen-bond acceptors (Lipinski definition) is 4. The van der Waals surface area contributed by atoms with Gasteiger partial charge < -0.3 is 10.1 Å². The summed E-state index contributed by atoms with van der Waals surface area (Å²) >= 11 is 1.49. The highest BCUT2D eigenvalue weighted by Crippen LogP contribution is 2.26. The number of nitrogens with one attached hydrogen (secondary N) is 1. The van der Waals surface area contributed by atoms with Crippen LogP contribution in [0.4, 0.5) is 5.00 Å². The first-order chi connectivity index (χ1) is 8.27. The maximum Gasteiger partial charge on any atom is 0.117 e. The number of hydrogen-bond donors (Lipinski definition) is 1. The molecule has 0 amide bonds. The van der Waals surface area contributed by atoms with Crippen LogP contribution in [0.1, 0.15) is 6.92 Å². The van der Waals surface area contributed by atoms with E-state index in [1.807, 2.05) is 25.1 Å². The third-order valence-corrected chi connectivity index (χ3v) is 3.10. The lowest BCUT2D eigenvalue weighted by molar-refractivity contribution is 0.167. The van der Waals surface area contributed by atoms with E-state index in [-0.39, 0.29) is 0 Å². The van der Waals surface area contributed by atoms with Crippen molar-refractivity contribution in [1.29, 1.82) is 0 Å². The van der Waals surface area contributed by atoms with Gasteiger partial charge in [0.15, 0.2) is 0 Å². The third kappa shape index (κ3) is 3.28. The Bertz CT molecular complexity index is 507. The van der Waals surface area contributed by atoms with E-state index in [1.54, 1.807) is 0 Å². The molecule has 0 saturated carbocycles. The first-order valence-electron chi connectivity index (χ1n) is 5.58. The number of ether oxygens (including phenoxy) is 1. The highest BCUT2D eigenvalue weighted by atomic mass is 32.1. The fraction of sp³-hybridized carbons (Fsp3) is 0.308. The molecule has 0 fully saturated rings. The molecule has 2 aromatic rings. The lowest BCUT2D eigenvalue weighted by Crippen LogP contribution is -2.09. The SMILES string of the molecule is C=C(C)COCCNc1snc2ccccc12. The lowest BCUT2D eigenvalue weighted by atomic mass is 10.2. The Balaban J connectivity index is 1.85. The van der Waals surface area contributed by atoms with Crippen LogP contribution in [0.5, 0.6) is 0 Å². The molecule has 0 saturated heterocycles. The molecular formula is C13H16N2OS. The standard InChI is InChI=1S/C13H16N2OS/c1-10(2)9-16-8-7-14-13-11-5-3-4-6-12(11)15-17-13/h3-6,14H,1,7-9H2,2H3. The van der Waals surface area contributed by atoms with Gasteiger partial charge in [-0.3, -0.25) is 0 Å². The van der Waals surface area contributed by atoms with E-state index in [4.69, 9.17) is 4.74 Å². The maximum absolute atomic E-state index is 5.43. The normalized spacial score (nSPS) is 10.6. The molecule has 3 nitrogen and oxygen atoms in total. The predicted molar refractivity (Wildman–Crippen MR) is 73.7 cm³/mol. The molecule has 90 valence electrons. The second-order valence-electron chi connectivity index (χ2n) is 3.97. The summed E-state index contributed by atoms with van der Waals surface area (Å²) < 4.78 is 9.80. The largest absolute Gasteiger partial charge is 0.375 e. The van der Waals surface area contributed by atoms with Crippen LogP contribution in [0, 0.1) is 0 Å². The molecule has 0 aliphatic rings. The van der Waals surface area contributed by atoms with Gasteiger partial charge in [-0.25, -0.2) is 0 Å². The topological polar surface area (TPSA) is 34.1 Å². The van der Waals surface area contributed by atoms with Gasteiger partial charge in [0.25, 0.3) is 0 Å². The molecular weight excluding hydrogens is 232 g/mol. The monoisotopic (exact) mass is 248 g/mol. The third-order valence-electron chi connectivity index (χ3n) is 2.26. The van der Waals surface area contributed by atoms with E-state index in [1.165, 1.54) is 16.9 Å². The molecule has 1 N–H and O–H groups in total. The van der Waals surface area contributed by atoms with Crippen LogP contribution >= 0.6 is 11.5 Å². The highest BCUT2D eigenvalue weighted by molar-refractivity contribution is 7.11. The van der Waals surface area contributed by atoms with E-state index in [9.17, 15) is 0 Å². The van der Waals surface area contributed by atoms with Gasteiger partial charge in [-0.15, -0.1) is 0 Å². The fourth-order valence-electron chi connectivity index (χ4n) is 1.50. The van der Waals surface area contributed by atoms with Crippen molar-refractivity contribution < 1.29 is 4.74 Å². The van der Waals surface area contributed by atoms with Crippen molar-refractivity contribution in [1.82, 2.24) is 4.37 Å². The maximum atomic E-state index is 5.43. The van der Waals surface area contributed by atoms with E-state index in [0.29, 0.717) is 13.2 Å². The molecule has 0 aliphatic carbocycles. The highest BCUT2D eigenvalue weighted by Gasteiger charge is 2.03. The molecule has 1 aromatic heterocycles. The van der Waals surface area contributed by atoms with Crippen molar-refractivity contribution >= 4 is 27.4 Å². The number of nitrogens with zero attached hydrogens (tertiary/aromatic N) is 1. The van der Waals surface area contributed by atoms with Crippen LogP contribution in [0.3, 0.4) is 0 Å². The number of rotatable bonds is 6. The minimum absolute atomic E-state index is 0.630. The first-order valence-corrected chi connectivity index (χ1v) is 6.35. The number of aromatic nitrogens is 1. The summed E-state index contributed by atoms with van der Waals surface area (Å²) in [5.41, 5.74) is 2.09. The Morgan fingerprint density at radius 2 is 2.29 bits per heavy atom. The van der Waals surface area contributed by atoms with E-state index in [0.717, 1.165) is 22.6 Å². The molecule has 17 heavy (non-hydrogen) atoms. The van der Waals surface area contributed by atoms with Gasteiger partial charge in [-0.2, -0.15) is 4.37 Å². The van der Waals surface area contributed by atoms with Crippen LogP contribution in [-0.4, -0.2) is 24.1 Å². The Kier molecular flexibility index (Phi) is 4.12. The Labute approximate surface area is 105 Å². The minimum atomic E-state index is 0.630. The Morgan fingerprint density at radius 1 is 1.47 bits per heavy atom. The van der Waals surface area contributed by atoms with E-state index in [2.05, 4.69) is 22.3 Å². The minimum Gasteiger partial charge on any atom is -0.375 e. The van der Waals surface area contributed by atoms with Gasteiger partial charge in [0.2, 0.25) is 0 Å². The molecule has 0 unspecified atom stereocenters. The molecule has 0 aliphatic heterocycles. The summed E-state index contributed by atoms with van der Waals surface area (Å²) in [6.07, 6.45) is 0. The summed E-state index contributed by atoms with van der Waals surface area (Å²) in [6, 6.07) is 8.13. The fourth-order valence-corrected chi connectivity index (χ4v) is 2.29. The van der Waals surface area contributed by atoms with Crippen molar-refractivity contribution in [2.24, 2.45) is 0 Å². The molecule has 2 rings (SSSR count). The van der Waals surface area contributed by atoms with Crippen LogP contribution in [0.2, 0.25) is 0 Å². The molecule has 1 aromatic carbocycles. The van der Waals surface area contributed by atoms with E-state index >= 15 is 0 Å². The van der Waals surface area contributed by atoms with Gasteiger partial charge in [0.1, 0.15) is 5.00 Å². The zero-order chi connectivity index (χ0) is 12.1. The van der Waals surface area contributed by atoms with Crippen molar-refractivity contribution in [2.45, 2.75) is 6.92 Å². The van der Waals surface area contributed by atoms with Crippen molar-refractivity contribution in [3.8, 4) is 0 Å². The van der Waals surface area contributed by atoms with Gasteiger partial charge in [-0.1, -0.05) is 24.3 Å². The quantitative estimate of drug-likeness (QED) is 0.629. The molecule has 0 bridgehead atoms. The molecule has 1 heterocycles. The zero-order valence-electron chi connectivity index (χ0n) is 9.90. The Morgan fingerprint density at radius 3 is 3.12 bits per heavy atom. The summed E-state index contributed by atoms with van der Waals surface area (Å²) in [5, 5.41) is 5.63. The zero-order valence-corrected chi connectivity index (χ0v) is 10.7. The van der Waals surface area contributed by atoms with Crippen LogP contribution in [-0.2, 0) is 4.74 Å². The molecule has 0 spiro atoms. The van der Waals surface area contributed by atoms with E-state index < -0.39 is 0 Å². The summed E-state index contributed by atoms with van der Waals surface area (Å²) in [4.78, 5) is 0. The lowest BCUT2D eigenvalue weighted by Gasteiger charge is -2.05. The summed E-state index contributed by atoms with van der Waals surface area (Å²) in [6.45, 7) is 7.85. The molecule has 0 atom stereocenters.